The van der Waals surface area contributed by atoms with E-state index in [2.05, 4.69) is 9.93 Å². The van der Waals surface area contributed by atoms with E-state index in [-0.39, 0.29) is 5.92 Å². The highest BCUT2D eigenvalue weighted by Gasteiger charge is 2.50. The highest BCUT2D eigenvalue weighted by atomic mass is 19.3. The van der Waals surface area contributed by atoms with Crippen molar-refractivity contribution in [3.8, 4) is 0 Å². The molecule has 1 aliphatic rings. The van der Waals surface area contributed by atoms with Crippen LogP contribution in [0.25, 0.3) is 0 Å². The summed E-state index contributed by atoms with van der Waals surface area (Å²) in [5.74, 6) is 0.863. The lowest BCUT2D eigenvalue weighted by atomic mass is 10.2. The fraction of sp³-hybridized carbons (Fsp3) is 0.667. The maximum atomic E-state index is 12.1. The maximum Gasteiger partial charge on any atom is 0.196 e. The molecule has 0 aliphatic heterocycles. The standard InChI is InChI=1S/C9H12FNO2/c1-6(2)8-11-7(5-12-8)9(13-10)3-4-9/h5-6H,3-4H2,1-2H3. The molecule has 1 fully saturated rings. The van der Waals surface area contributed by atoms with Gasteiger partial charge in [-0.1, -0.05) is 13.8 Å². The normalized spacial score (nSPS) is 19.4. The zero-order chi connectivity index (χ0) is 9.47. The van der Waals surface area contributed by atoms with Crippen LogP contribution in [-0.4, -0.2) is 4.98 Å². The zero-order valence-electron chi connectivity index (χ0n) is 7.71. The van der Waals surface area contributed by atoms with Crippen LogP contribution in [0.2, 0.25) is 0 Å². The SMILES string of the molecule is CC(C)c1nc(C2(OF)CC2)co1. The Morgan fingerprint density at radius 1 is 1.62 bits per heavy atom. The van der Waals surface area contributed by atoms with Crippen molar-refractivity contribution < 1.29 is 13.9 Å². The first-order chi connectivity index (χ1) is 6.18. The van der Waals surface area contributed by atoms with Crippen LogP contribution in [0.4, 0.5) is 4.53 Å². The first kappa shape index (κ1) is 8.69. The minimum absolute atomic E-state index is 0.226. The Morgan fingerprint density at radius 2 is 2.31 bits per heavy atom. The van der Waals surface area contributed by atoms with Gasteiger partial charge in [-0.3, -0.25) is 0 Å². The predicted octanol–water partition coefficient (Wildman–Crippen LogP) is 2.69. The Labute approximate surface area is 75.8 Å². The van der Waals surface area contributed by atoms with Crippen LogP contribution in [-0.2, 0) is 10.5 Å². The summed E-state index contributed by atoms with van der Waals surface area (Å²) in [6, 6.07) is 0. The third-order valence-corrected chi connectivity index (χ3v) is 2.33. The molecule has 0 spiro atoms. The molecule has 0 amide bonds. The van der Waals surface area contributed by atoms with Gasteiger partial charge in [0, 0.05) is 5.92 Å². The van der Waals surface area contributed by atoms with Gasteiger partial charge in [-0.25, -0.2) is 4.98 Å². The van der Waals surface area contributed by atoms with Crippen LogP contribution < -0.4 is 0 Å². The van der Waals surface area contributed by atoms with Crippen LogP contribution >= 0.6 is 0 Å². The van der Waals surface area contributed by atoms with Crippen LogP contribution in [0.1, 0.15) is 44.2 Å². The minimum atomic E-state index is -0.781. The number of hydrogen-bond donors (Lipinski definition) is 0. The van der Waals surface area contributed by atoms with Gasteiger partial charge in [-0.15, -0.1) is 0 Å². The van der Waals surface area contributed by atoms with E-state index in [1.54, 1.807) is 0 Å². The van der Waals surface area contributed by atoms with Gasteiger partial charge in [-0.05, 0) is 17.4 Å². The molecule has 1 aromatic rings. The monoisotopic (exact) mass is 185 g/mol. The van der Waals surface area contributed by atoms with Crippen molar-refractivity contribution >= 4 is 0 Å². The fourth-order valence-corrected chi connectivity index (χ4v) is 1.25. The molecule has 0 bridgehead atoms. The van der Waals surface area contributed by atoms with Gasteiger partial charge in [0.25, 0.3) is 0 Å². The summed E-state index contributed by atoms with van der Waals surface area (Å²) >= 11 is 0. The van der Waals surface area contributed by atoms with E-state index in [4.69, 9.17) is 4.42 Å². The zero-order valence-corrected chi connectivity index (χ0v) is 7.71. The van der Waals surface area contributed by atoms with Crippen molar-refractivity contribution in [2.45, 2.75) is 38.2 Å². The van der Waals surface area contributed by atoms with Crippen LogP contribution in [0, 0.1) is 0 Å². The molecule has 13 heavy (non-hydrogen) atoms. The first-order valence-electron chi connectivity index (χ1n) is 4.43. The molecule has 4 heteroatoms. The molecular formula is C9H12FNO2. The van der Waals surface area contributed by atoms with E-state index >= 15 is 0 Å². The number of rotatable bonds is 3. The first-order valence-corrected chi connectivity index (χ1v) is 4.43. The van der Waals surface area contributed by atoms with Gasteiger partial charge < -0.3 is 4.42 Å². The smallest absolute Gasteiger partial charge is 0.196 e. The molecule has 0 radical (unpaired) electrons. The van der Waals surface area contributed by atoms with Crippen molar-refractivity contribution in [3.05, 3.63) is 17.8 Å². The fourth-order valence-electron chi connectivity index (χ4n) is 1.25. The number of nitrogens with zero attached hydrogens (tertiary/aromatic N) is 1. The number of oxazole rings is 1. The maximum absolute atomic E-state index is 12.1. The summed E-state index contributed by atoms with van der Waals surface area (Å²) in [7, 11) is 0. The van der Waals surface area contributed by atoms with Gasteiger partial charge in [-0.2, -0.15) is 4.94 Å². The summed E-state index contributed by atoms with van der Waals surface area (Å²) < 4.78 is 17.3. The second-order valence-electron chi connectivity index (χ2n) is 3.80. The summed E-state index contributed by atoms with van der Waals surface area (Å²) in [5.41, 5.74) is -0.199. The Morgan fingerprint density at radius 3 is 2.69 bits per heavy atom. The van der Waals surface area contributed by atoms with E-state index in [0.29, 0.717) is 24.4 Å². The van der Waals surface area contributed by atoms with E-state index in [1.807, 2.05) is 13.8 Å². The summed E-state index contributed by atoms with van der Waals surface area (Å²) in [6.07, 6.45) is 2.86. The van der Waals surface area contributed by atoms with Gasteiger partial charge in [0.2, 0.25) is 0 Å². The van der Waals surface area contributed by atoms with Gasteiger partial charge in [0.15, 0.2) is 11.5 Å². The quantitative estimate of drug-likeness (QED) is 0.726. The van der Waals surface area contributed by atoms with Crippen LogP contribution in [0.5, 0.6) is 0 Å². The van der Waals surface area contributed by atoms with E-state index in [1.165, 1.54) is 6.26 Å². The number of aromatic nitrogens is 1. The Bertz CT molecular complexity index is 304. The van der Waals surface area contributed by atoms with Crippen molar-refractivity contribution in [3.63, 3.8) is 0 Å². The van der Waals surface area contributed by atoms with Gasteiger partial charge in [0.1, 0.15) is 12.0 Å². The Kier molecular flexibility index (Phi) is 1.87. The molecule has 0 N–H and O–H groups in total. The molecule has 3 nitrogen and oxygen atoms in total. The van der Waals surface area contributed by atoms with E-state index in [9.17, 15) is 4.53 Å². The predicted molar refractivity (Wildman–Crippen MR) is 43.7 cm³/mol. The van der Waals surface area contributed by atoms with Crippen LogP contribution in [0.3, 0.4) is 0 Å². The number of hydrogen-bond acceptors (Lipinski definition) is 3. The average molecular weight is 185 g/mol. The summed E-state index contributed by atoms with van der Waals surface area (Å²) in [5, 5.41) is 0. The molecular weight excluding hydrogens is 173 g/mol. The van der Waals surface area contributed by atoms with Crippen molar-refractivity contribution in [1.29, 1.82) is 0 Å². The van der Waals surface area contributed by atoms with E-state index < -0.39 is 5.60 Å². The van der Waals surface area contributed by atoms with Crippen molar-refractivity contribution in [2.75, 3.05) is 0 Å². The molecule has 1 aromatic heterocycles. The summed E-state index contributed by atoms with van der Waals surface area (Å²) in [4.78, 5) is 8.09. The average Bonchev–Trinajstić information content (AvgIpc) is 2.75. The topological polar surface area (TPSA) is 35.3 Å². The Hall–Kier alpha value is -0.900. The van der Waals surface area contributed by atoms with Crippen LogP contribution in [0.15, 0.2) is 10.7 Å². The van der Waals surface area contributed by atoms with E-state index in [0.717, 1.165) is 0 Å². The van der Waals surface area contributed by atoms with Gasteiger partial charge >= 0.3 is 0 Å². The van der Waals surface area contributed by atoms with Crippen molar-refractivity contribution in [1.82, 2.24) is 4.98 Å². The molecule has 0 atom stereocenters. The molecule has 72 valence electrons. The van der Waals surface area contributed by atoms with Gasteiger partial charge in [0.05, 0.1) is 0 Å². The molecule has 0 saturated heterocycles. The highest BCUT2D eigenvalue weighted by Crippen LogP contribution is 2.49. The highest BCUT2D eigenvalue weighted by molar-refractivity contribution is 5.17. The molecule has 1 saturated carbocycles. The second-order valence-corrected chi connectivity index (χ2v) is 3.80. The lowest BCUT2D eigenvalue weighted by Gasteiger charge is -2.02. The summed E-state index contributed by atoms with van der Waals surface area (Å²) in [6.45, 7) is 3.96. The molecule has 1 aliphatic carbocycles. The Balaban J connectivity index is 2.23. The largest absolute Gasteiger partial charge is 0.448 e. The third kappa shape index (κ3) is 1.35. The third-order valence-electron chi connectivity index (χ3n) is 2.33. The lowest BCUT2D eigenvalue weighted by Crippen LogP contribution is -2.07. The lowest BCUT2D eigenvalue weighted by molar-refractivity contribution is -0.199. The minimum Gasteiger partial charge on any atom is -0.448 e. The molecule has 1 heterocycles. The molecule has 0 aromatic carbocycles. The number of halogens is 1. The van der Waals surface area contributed by atoms with Crippen molar-refractivity contribution in [2.24, 2.45) is 0 Å². The molecule has 2 rings (SSSR count). The molecule has 0 unspecified atom stereocenters. The second kappa shape index (κ2) is 2.80.